The zero-order valence-corrected chi connectivity index (χ0v) is 13.6. The van der Waals surface area contributed by atoms with Gasteiger partial charge >= 0.3 is 0 Å². The maximum Gasteiger partial charge on any atom is 0.241 e. The highest BCUT2D eigenvalue weighted by Crippen LogP contribution is 2.19. The molecule has 22 heavy (non-hydrogen) atoms. The first-order valence-electron chi connectivity index (χ1n) is 6.69. The summed E-state index contributed by atoms with van der Waals surface area (Å²) in [7, 11) is -3.21. The van der Waals surface area contributed by atoms with Gasteiger partial charge in [0.15, 0.2) is 0 Å². The number of amides is 1. The molecular weight excluding hydrogens is 333 g/mol. The summed E-state index contributed by atoms with van der Waals surface area (Å²) in [5, 5.41) is 2.86. The van der Waals surface area contributed by atoms with E-state index in [1.165, 1.54) is 22.5 Å². The van der Waals surface area contributed by atoms with Crippen LogP contribution >= 0.6 is 11.6 Å². The lowest BCUT2D eigenvalue weighted by Gasteiger charge is -2.33. The minimum atomic E-state index is -3.21. The molecule has 0 spiro atoms. The third-order valence-corrected chi connectivity index (χ3v) is 5.02. The number of carbonyl (C=O) groups is 1. The number of hydrogen-bond donors (Lipinski definition) is 1. The molecule has 1 amide bonds. The molecule has 1 aliphatic heterocycles. The van der Waals surface area contributed by atoms with Crippen LogP contribution in [-0.2, 0) is 14.8 Å². The maximum absolute atomic E-state index is 13.0. The fraction of sp³-hybridized carbons (Fsp3) is 0.462. The van der Waals surface area contributed by atoms with E-state index in [-0.39, 0.29) is 17.5 Å². The van der Waals surface area contributed by atoms with Crippen molar-refractivity contribution in [1.82, 2.24) is 9.21 Å². The van der Waals surface area contributed by atoms with Crippen LogP contribution in [0.2, 0.25) is 5.02 Å². The Labute approximate surface area is 133 Å². The van der Waals surface area contributed by atoms with Crippen LogP contribution in [-0.4, -0.2) is 62.5 Å². The second-order valence-corrected chi connectivity index (χ2v) is 7.41. The summed E-state index contributed by atoms with van der Waals surface area (Å²) in [6, 6.07) is 4.13. The first-order chi connectivity index (χ1) is 10.3. The van der Waals surface area contributed by atoms with E-state index >= 15 is 0 Å². The highest BCUT2D eigenvalue weighted by molar-refractivity contribution is 7.88. The molecule has 6 nitrogen and oxygen atoms in total. The largest absolute Gasteiger partial charge is 0.376 e. The predicted octanol–water partition coefficient (Wildman–Crippen LogP) is 0.995. The van der Waals surface area contributed by atoms with E-state index < -0.39 is 15.8 Å². The van der Waals surface area contributed by atoms with E-state index in [1.807, 2.05) is 0 Å². The van der Waals surface area contributed by atoms with Gasteiger partial charge in [0.1, 0.15) is 5.82 Å². The molecule has 2 rings (SSSR count). The Morgan fingerprint density at radius 3 is 2.50 bits per heavy atom. The Bertz CT molecular complexity index is 660. The van der Waals surface area contributed by atoms with Crippen molar-refractivity contribution < 1.29 is 17.6 Å². The molecule has 122 valence electrons. The van der Waals surface area contributed by atoms with Gasteiger partial charge < -0.3 is 10.2 Å². The molecule has 1 fully saturated rings. The molecule has 0 aliphatic carbocycles. The Morgan fingerprint density at radius 1 is 1.32 bits per heavy atom. The van der Waals surface area contributed by atoms with Crippen LogP contribution in [0, 0.1) is 5.82 Å². The fourth-order valence-corrected chi connectivity index (χ4v) is 3.17. The summed E-state index contributed by atoms with van der Waals surface area (Å²) in [6.07, 6.45) is 1.16. The van der Waals surface area contributed by atoms with Gasteiger partial charge in [0.05, 0.1) is 17.8 Å². The predicted molar refractivity (Wildman–Crippen MR) is 82.9 cm³/mol. The minimum Gasteiger partial charge on any atom is -0.376 e. The van der Waals surface area contributed by atoms with Crippen molar-refractivity contribution >= 4 is 33.2 Å². The number of nitrogens with zero attached hydrogens (tertiary/aromatic N) is 2. The lowest BCUT2D eigenvalue weighted by molar-refractivity contribution is -0.130. The molecule has 0 saturated carbocycles. The second-order valence-electron chi connectivity index (χ2n) is 5.03. The number of halogens is 2. The van der Waals surface area contributed by atoms with Gasteiger partial charge in [-0.1, -0.05) is 11.6 Å². The topological polar surface area (TPSA) is 69.7 Å². The monoisotopic (exact) mass is 349 g/mol. The summed E-state index contributed by atoms with van der Waals surface area (Å²) in [6.45, 7) is 1.36. The fourth-order valence-electron chi connectivity index (χ4n) is 2.16. The molecule has 1 N–H and O–H groups in total. The second kappa shape index (κ2) is 6.80. The zero-order valence-electron chi connectivity index (χ0n) is 12.1. The summed E-state index contributed by atoms with van der Waals surface area (Å²) in [4.78, 5) is 13.7. The number of hydrogen-bond acceptors (Lipinski definition) is 4. The van der Waals surface area contributed by atoms with E-state index in [9.17, 15) is 17.6 Å². The maximum atomic E-state index is 13.0. The van der Waals surface area contributed by atoms with E-state index in [0.29, 0.717) is 31.9 Å². The Balaban J connectivity index is 1.85. The number of anilines is 1. The Hall–Kier alpha value is -1.38. The van der Waals surface area contributed by atoms with Gasteiger partial charge in [0, 0.05) is 31.9 Å². The van der Waals surface area contributed by atoms with Crippen LogP contribution in [0.1, 0.15) is 0 Å². The van der Waals surface area contributed by atoms with E-state index in [2.05, 4.69) is 5.32 Å². The molecular formula is C13H17ClFN3O3S. The molecule has 0 aromatic heterocycles. The Morgan fingerprint density at radius 2 is 1.95 bits per heavy atom. The lowest BCUT2D eigenvalue weighted by Crippen LogP contribution is -2.51. The molecule has 0 unspecified atom stereocenters. The van der Waals surface area contributed by atoms with Crippen molar-refractivity contribution in [3.05, 3.63) is 29.0 Å². The summed E-state index contributed by atoms with van der Waals surface area (Å²) >= 11 is 5.66. The third kappa shape index (κ3) is 4.31. The molecule has 0 bridgehead atoms. The van der Waals surface area contributed by atoms with Gasteiger partial charge in [-0.05, 0) is 18.2 Å². The standard InChI is InChI=1S/C13H17ClFN3O3S/c1-22(20,21)18-6-4-17(5-7-18)13(19)9-16-10-2-3-12(15)11(14)8-10/h2-3,8,16H,4-7,9H2,1H3. The molecule has 1 aromatic rings. The molecule has 1 heterocycles. The van der Waals surface area contributed by atoms with Crippen LogP contribution in [0.15, 0.2) is 18.2 Å². The average Bonchev–Trinajstić information content (AvgIpc) is 2.47. The van der Waals surface area contributed by atoms with Gasteiger partial charge in [-0.25, -0.2) is 12.8 Å². The van der Waals surface area contributed by atoms with Gasteiger partial charge in [0.2, 0.25) is 15.9 Å². The first kappa shape index (κ1) is 17.0. The quantitative estimate of drug-likeness (QED) is 0.880. The number of piperazine rings is 1. The van der Waals surface area contributed by atoms with Crippen LogP contribution in [0.5, 0.6) is 0 Å². The van der Waals surface area contributed by atoms with Gasteiger partial charge in [-0.15, -0.1) is 0 Å². The number of carbonyl (C=O) groups excluding carboxylic acids is 1. The van der Waals surface area contributed by atoms with Crippen LogP contribution in [0.25, 0.3) is 0 Å². The van der Waals surface area contributed by atoms with Crippen molar-refractivity contribution in [2.45, 2.75) is 0 Å². The lowest BCUT2D eigenvalue weighted by atomic mass is 10.3. The smallest absolute Gasteiger partial charge is 0.241 e. The van der Waals surface area contributed by atoms with Gasteiger partial charge in [-0.2, -0.15) is 4.31 Å². The third-order valence-electron chi connectivity index (χ3n) is 3.42. The minimum absolute atomic E-state index is 0.0146. The summed E-state index contributed by atoms with van der Waals surface area (Å²) < 4.78 is 37.2. The Kier molecular flexibility index (Phi) is 5.25. The van der Waals surface area contributed by atoms with E-state index in [1.54, 1.807) is 4.90 Å². The molecule has 1 aromatic carbocycles. The number of rotatable bonds is 4. The number of nitrogens with one attached hydrogen (secondary N) is 1. The highest BCUT2D eigenvalue weighted by Gasteiger charge is 2.25. The van der Waals surface area contributed by atoms with Crippen molar-refractivity contribution in [2.24, 2.45) is 0 Å². The molecule has 0 atom stereocenters. The van der Waals surface area contributed by atoms with Crippen molar-refractivity contribution in [2.75, 3.05) is 44.3 Å². The number of benzene rings is 1. The van der Waals surface area contributed by atoms with Crippen LogP contribution < -0.4 is 5.32 Å². The summed E-state index contributed by atoms with van der Waals surface area (Å²) in [5.74, 6) is -0.663. The zero-order chi connectivity index (χ0) is 16.3. The van der Waals surface area contributed by atoms with E-state index in [4.69, 9.17) is 11.6 Å². The van der Waals surface area contributed by atoms with Crippen molar-refractivity contribution in [3.8, 4) is 0 Å². The van der Waals surface area contributed by atoms with Gasteiger partial charge in [-0.3, -0.25) is 4.79 Å². The molecule has 1 saturated heterocycles. The normalized spacial score (nSPS) is 16.6. The van der Waals surface area contributed by atoms with Crippen molar-refractivity contribution in [3.63, 3.8) is 0 Å². The van der Waals surface area contributed by atoms with Crippen molar-refractivity contribution in [1.29, 1.82) is 0 Å². The van der Waals surface area contributed by atoms with Crippen LogP contribution in [0.4, 0.5) is 10.1 Å². The SMILES string of the molecule is CS(=O)(=O)N1CCN(C(=O)CNc2ccc(F)c(Cl)c2)CC1. The van der Waals surface area contributed by atoms with E-state index in [0.717, 1.165) is 6.26 Å². The number of sulfonamides is 1. The molecule has 1 aliphatic rings. The van der Waals surface area contributed by atoms with Crippen LogP contribution in [0.3, 0.4) is 0 Å². The molecule has 9 heteroatoms. The first-order valence-corrected chi connectivity index (χ1v) is 8.92. The van der Waals surface area contributed by atoms with Gasteiger partial charge in [0.25, 0.3) is 0 Å². The summed E-state index contributed by atoms with van der Waals surface area (Å²) in [5.41, 5.74) is 0.550. The average molecular weight is 350 g/mol. The molecule has 0 radical (unpaired) electrons. The highest BCUT2D eigenvalue weighted by atomic mass is 35.5.